The van der Waals surface area contributed by atoms with Crippen molar-refractivity contribution in [1.29, 1.82) is 0 Å². The van der Waals surface area contributed by atoms with Crippen LogP contribution in [0.2, 0.25) is 0 Å². The van der Waals surface area contributed by atoms with Gasteiger partial charge in [-0.25, -0.2) is 0 Å². The predicted molar refractivity (Wildman–Crippen MR) is 99.3 cm³/mol. The maximum Gasteiger partial charge on any atom is 0.250 e. The van der Waals surface area contributed by atoms with Crippen LogP contribution in [0.25, 0.3) is 11.4 Å². The molecule has 0 amide bonds. The molecule has 2 aromatic carbocycles. The summed E-state index contributed by atoms with van der Waals surface area (Å²) in [6.07, 6.45) is 0.428. The first-order valence-corrected chi connectivity index (χ1v) is 8.47. The summed E-state index contributed by atoms with van der Waals surface area (Å²) in [5, 5.41) is 7.68. The minimum absolute atomic E-state index is 0.0553. The molecule has 0 aliphatic carbocycles. The van der Waals surface area contributed by atoms with Gasteiger partial charge in [0.05, 0.1) is 0 Å². The number of benzene rings is 2. The number of carbonyl (C=O) groups excluding carboxylic acids is 1. The number of nitrogens with one attached hydrogen (secondary N) is 1. The fraction of sp³-hybridized carbons (Fsp3) is 0.250. The fourth-order valence-corrected chi connectivity index (χ4v) is 2.52. The lowest BCUT2D eigenvalue weighted by molar-refractivity contribution is 0.0873. The third-order valence-corrected chi connectivity index (χ3v) is 3.75. The number of nitrogens with zero attached hydrogens (tertiary/aromatic N) is 3. The molecule has 0 unspecified atom stereocenters. The summed E-state index contributed by atoms with van der Waals surface area (Å²) in [5.41, 5.74) is 2.01. The molecule has 0 atom stereocenters. The van der Waals surface area contributed by atoms with Gasteiger partial charge in [-0.1, -0.05) is 74.5 Å². The zero-order chi connectivity index (χ0) is 17.6. The average Bonchev–Trinajstić information content (AvgIpc) is 3.05. The van der Waals surface area contributed by atoms with Crippen LogP contribution in [0.4, 0.5) is 5.95 Å². The molecule has 1 heterocycles. The van der Waals surface area contributed by atoms with E-state index in [1.54, 1.807) is 0 Å². The summed E-state index contributed by atoms with van der Waals surface area (Å²) in [4.78, 5) is 17.1. The van der Waals surface area contributed by atoms with Crippen molar-refractivity contribution < 1.29 is 4.79 Å². The van der Waals surface area contributed by atoms with Gasteiger partial charge in [-0.15, -0.1) is 5.10 Å². The quantitative estimate of drug-likeness (QED) is 0.732. The van der Waals surface area contributed by atoms with Crippen LogP contribution in [0, 0.1) is 5.92 Å². The number of hydrogen-bond acceptors (Lipinski definition) is 4. The molecule has 25 heavy (non-hydrogen) atoms. The number of carbonyl (C=O) groups is 1. The van der Waals surface area contributed by atoms with Crippen molar-refractivity contribution >= 4 is 11.9 Å². The highest BCUT2D eigenvalue weighted by atomic mass is 16.2. The summed E-state index contributed by atoms with van der Waals surface area (Å²) < 4.78 is 1.39. The molecule has 1 aromatic heterocycles. The second-order valence-electron chi connectivity index (χ2n) is 6.37. The van der Waals surface area contributed by atoms with Crippen molar-refractivity contribution in [2.24, 2.45) is 5.92 Å². The van der Waals surface area contributed by atoms with Gasteiger partial charge in [0.2, 0.25) is 11.9 Å². The van der Waals surface area contributed by atoms with Crippen LogP contribution in [-0.4, -0.2) is 20.7 Å². The number of hydrogen-bond donors (Lipinski definition) is 1. The highest BCUT2D eigenvalue weighted by Gasteiger charge is 2.18. The molecule has 1 N–H and O–H groups in total. The Hall–Kier alpha value is -2.95. The van der Waals surface area contributed by atoms with Crippen LogP contribution >= 0.6 is 0 Å². The first-order valence-electron chi connectivity index (χ1n) is 8.47. The SMILES string of the molecule is CC(C)CC(=O)n1nc(-c2ccccc2)nc1NCc1ccccc1. The molecule has 0 bridgehead atoms. The molecular weight excluding hydrogens is 312 g/mol. The van der Waals surface area contributed by atoms with E-state index in [0.29, 0.717) is 24.7 Å². The molecule has 3 aromatic rings. The Morgan fingerprint density at radius 1 is 1.04 bits per heavy atom. The van der Waals surface area contributed by atoms with Gasteiger partial charge in [0, 0.05) is 18.5 Å². The second-order valence-corrected chi connectivity index (χ2v) is 6.37. The Balaban J connectivity index is 1.88. The summed E-state index contributed by atoms with van der Waals surface area (Å²) in [7, 11) is 0. The van der Waals surface area contributed by atoms with Gasteiger partial charge in [-0.2, -0.15) is 9.67 Å². The summed E-state index contributed by atoms with van der Waals surface area (Å²) in [6, 6.07) is 19.7. The second kappa shape index (κ2) is 7.75. The summed E-state index contributed by atoms with van der Waals surface area (Å²) in [5.74, 6) is 1.24. The maximum absolute atomic E-state index is 12.6. The van der Waals surface area contributed by atoms with Gasteiger partial charge < -0.3 is 5.32 Å². The van der Waals surface area contributed by atoms with Crippen molar-refractivity contribution in [3.8, 4) is 11.4 Å². The molecule has 5 heteroatoms. The van der Waals surface area contributed by atoms with Gasteiger partial charge in [0.15, 0.2) is 5.82 Å². The molecule has 3 rings (SSSR count). The third kappa shape index (κ3) is 4.32. The minimum atomic E-state index is -0.0553. The molecule has 0 radical (unpaired) electrons. The van der Waals surface area contributed by atoms with Crippen LogP contribution in [-0.2, 0) is 6.54 Å². The lowest BCUT2D eigenvalue weighted by Crippen LogP contribution is -2.18. The summed E-state index contributed by atoms with van der Waals surface area (Å²) in [6.45, 7) is 4.62. The monoisotopic (exact) mass is 334 g/mol. The smallest absolute Gasteiger partial charge is 0.250 e. The lowest BCUT2D eigenvalue weighted by Gasteiger charge is -2.08. The van der Waals surface area contributed by atoms with E-state index in [1.807, 2.05) is 74.5 Å². The van der Waals surface area contributed by atoms with E-state index in [4.69, 9.17) is 0 Å². The molecule has 0 saturated heterocycles. The first-order chi connectivity index (χ1) is 12.1. The molecule has 0 aliphatic heterocycles. The van der Waals surface area contributed by atoms with Crippen LogP contribution < -0.4 is 5.32 Å². The standard InChI is InChI=1S/C20H22N4O/c1-15(2)13-18(25)24-20(21-14-16-9-5-3-6-10-16)22-19(23-24)17-11-7-4-8-12-17/h3-12,15H,13-14H2,1-2H3,(H,21,22,23). The van der Waals surface area contributed by atoms with E-state index in [9.17, 15) is 4.79 Å². The van der Waals surface area contributed by atoms with E-state index in [1.165, 1.54) is 4.68 Å². The largest absolute Gasteiger partial charge is 0.350 e. The molecule has 5 nitrogen and oxygen atoms in total. The van der Waals surface area contributed by atoms with Crippen molar-refractivity contribution in [1.82, 2.24) is 14.8 Å². The number of aromatic nitrogens is 3. The number of rotatable bonds is 6. The van der Waals surface area contributed by atoms with E-state index in [-0.39, 0.29) is 11.8 Å². The van der Waals surface area contributed by atoms with Gasteiger partial charge >= 0.3 is 0 Å². The lowest BCUT2D eigenvalue weighted by atomic mass is 10.1. The van der Waals surface area contributed by atoms with Crippen LogP contribution in [0.5, 0.6) is 0 Å². The Bertz CT molecular complexity index is 825. The minimum Gasteiger partial charge on any atom is -0.350 e. The fourth-order valence-electron chi connectivity index (χ4n) is 2.52. The maximum atomic E-state index is 12.6. The van der Waals surface area contributed by atoms with Crippen molar-refractivity contribution in [3.63, 3.8) is 0 Å². The average molecular weight is 334 g/mol. The van der Waals surface area contributed by atoms with Crippen LogP contribution in [0.3, 0.4) is 0 Å². The zero-order valence-corrected chi connectivity index (χ0v) is 14.5. The van der Waals surface area contributed by atoms with E-state index < -0.39 is 0 Å². The van der Waals surface area contributed by atoms with Gasteiger partial charge in [0.25, 0.3) is 0 Å². The summed E-state index contributed by atoms with van der Waals surface area (Å²) >= 11 is 0. The normalized spacial score (nSPS) is 10.8. The van der Waals surface area contributed by atoms with Crippen molar-refractivity contribution in [2.75, 3.05) is 5.32 Å². The van der Waals surface area contributed by atoms with Gasteiger partial charge in [-0.05, 0) is 11.5 Å². The first kappa shape index (κ1) is 16.9. The third-order valence-electron chi connectivity index (χ3n) is 3.75. The highest BCUT2D eigenvalue weighted by Crippen LogP contribution is 2.19. The highest BCUT2D eigenvalue weighted by molar-refractivity contribution is 5.81. The molecular formula is C20H22N4O. The molecule has 128 valence electrons. The van der Waals surface area contributed by atoms with E-state index >= 15 is 0 Å². The molecule has 0 saturated carbocycles. The Morgan fingerprint density at radius 3 is 2.32 bits per heavy atom. The molecule has 0 spiro atoms. The Morgan fingerprint density at radius 2 is 1.68 bits per heavy atom. The van der Waals surface area contributed by atoms with E-state index in [2.05, 4.69) is 15.4 Å². The number of anilines is 1. The van der Waals surface area contributed by atoms with Crippen LogP contribution in [0.15, 0.2) is 60.7 Å². The Labute approximate surface area is 147 Å². The van der Waals surface area contributed by atoms with E-state index in [0.717, 1.165) is 11.1 Å². The predicted octanol–water partition coefficient (Wildman–Crippen LogP) is 4.24. The molecule has 0 aliphatic rings. The topological polar surface area (TPSA) is 59.8 Å². The van der Waals surface area contributed by atoms with Crippen molar-refractivity contribution in [2.45, 2.75) is 26.8 Å². The van der Waals surface area contributed by atoms with Gasteiger partial charge in [0.1, 0.15) is 0 Å². The van der Waals surface area contributed by atoms with Crippen LogP contribution in [0.1, 0.15) is 30.6 Å². The zero-order valence-electron chi connectivity index (χ0n) is 14.5. The van der Waals surface area contributed by atoms with Crippen molar-refractivity contribution in [3.05, 3.63) is 66.2 Å². The van der Waals surface area contributed by atoms with Gasteiger partial charge in [-0.3, -0.25) is 4.79 Å². The molecule has 0 fully saturated rings. The Kier molecular flexibility index (Phi) is 5.23.